The molecule has 0 aromatic heterocycles. The van der Waals surface area contributed by atoms with Crippen molar-refractivity contribution in [3.63, 3.8) is 0 Å². The van der Waals surface area contributed by atoms with E-state index in [1.165, 1.54) is 0 Å². The highest BCUT2D eigenvalue weighted by molar-refractivity contribution is 7.89. The van der Waals surface area contributed by atoms with Crippen molar-refractivity contribution >= 4 is 21.6 Å². The van der Waals surface area contributed by atoms with Crippen LogP contribution in [0.3, 0.4) is 0 Å². The number of nitrogens with zero attached hydrogens (tertiary/aromatic N) is 1. The molecule has 168 valence electrons. The second-order valence-corrected chi connectivity index (χ2v) is 10.7. The summed E-state index contributed by atoms with van der Waals surface area (Å²) in [6.07, 6.45) is 0.347. The molecule has 0 bridgehead atoms. The third-order valence-corrected chi connectivity index (χ3v) is 7.67. The molecule has 1 amide bonds. The molecule has 1 heterocycles. The molecule has 0 radical (unpaired) electrons. The van der Waals surface area contributed by atoms with E-state index < -0.39 is 16.1 Å². The highest BCUT2D eigenvalue weighted by Crippen LogP contribution is 2.27. The Morgan fingerprint density at radius 3 is 2.29 bits per heavy atom. The third-order valence-electron chi connectivity index (χ3n) is 5.82. The first-order chi connectivity index (χ1) is 14.6. The lowest BCUT2D eigenvalue weighted by molar-refractivity contribution is -0.122. The Hall–Kier alpha value is -2.38. The van der Waals surface area contributed by atoms with Gasteiger partial charge in [-0.3, -0.25) is 4.79 Å². The molecule has 0 saturated carbocycles. The molecule has 1 N–H and O–H groups in total. The predicted octanol–water partition coefficient (Wildman–Crippen LogP) is 4.38. The Kier molecular flexibility index (Phi) is 7.06. The summed E-state index contributed by atoms with van der Waals surface area (Å²) in [5.74, 6) is 1.07. The number of hydrogen-bond acceptors (Lipinski definition) is 4. The lowest BCUT2D eigenvalue weighted by Crippen LogP contribution is -2.42. The van der Waals surface area contributed by atoms with Gasteiger partial charge in [-0.25, -0.2) is 8.42 Å². The molecule has 0 spiro atoms. The van der Waals surface area contributed by atoms with Gasteiger partial charge in [0.05, 0.1) is 4.90 Å². The fourth-order valence-corrected chi connectivity index (χ4v) is 5.68. The van der Waals surface area contributed by atoms with E-state index in [-0.39, 0.29) is 10.8 Å². The molecule has 1 aliphatic heterocycles. The smallest absolute Gasteiger partial charge is 0.265 e. The number of benzene rings is 2. The zero-order valence-corrected chi connectivity index (χ0v) is 19.7. The summed E-state index contributed by atoms with van der Waals surface area (Å²) in [4.78, 5) is 12.8. The number of sulfonamides is 1. The quantitative estimate of drug-likeness (QED) is 0.718. The summed E-state index contributed by atoms with van der Waals surface area (Å²) in [5.41, 5.74) is 2.62. The molecule has 7 heteroatoms. The number of carbonyl (C=O) groups excluding carboxylic acids is 1. The highest BCUT2D eigenvalue weighted by atomic mass is 32.2. The van der Waals surface area contributed by atoms with E-state index in [9.17, 15) is 13.2 Å². The van der Waals surface area contributed by atoms with Crippen LogP contribution in [-0.2, 0) is 14.8 Å². The average molecular weight is 445 g/mol. The lowest BCUT2D eigenvalue weighted by Gasteiger charge is -2.34. The van der Waals surface area contributed by atoms with Crippen LogP contribution in [0.1, 0.15) is 38.3 Å². The Morgan fingerprint density at radius 2 is 1.68 bits per heavy atom. The highest BCUT2D eigenvalue weighted by Gasteiger charge is 2.31. The van der Waals surface area contributed by atoms with Crippen LogP contribution in [0.15, 0.2) is 47.4 Å². The topological polar surface area (TPSA) is 75.7 Å². The maximum Gasteiger partial charge on any atom is 0.265 e. The van der Waals surface area contributed by atoms with Crippen molar-refractivity contribution in [2.45, 2.75) is 52.0 Å². The number of aryl methyl sites for hydroxylation is 1. The summed E-state index contributed by atoms with van der Waals surface area (Å²) < 4.78 is 33.4. The van der Waals surface area contributed by atoms with Crippen molar-refractivity contribution in [2.24, 2.45) is 11.8 Å². The van der Waals surface area contributed by atoms with Gasteiger partial charge < -0.3 is 10.1 Å². The fourth-order valence-electron chi connectivity index (χ4n) is 4.00. The molecule has 1 saturated heterocycles. The van der Waals surface area contributed by atoms with Gasteiger partial charge in [0.25, 0.3) is 5.91 Å². The van der Waals surface area contributed by atoms with Crippen LogP contribution in [-0.4, -0.2) is 37.8 Å². The Balaban J connectivity index is 1.66. The van der Waals surface area contributed by atoms with E-state index in [0.29, 0.717) is 36.4 Å². The number of hydrogen-bond donors (Lipinski definition) is 1. The number of ether oxygens (including phenoxy) is 1. The Morgan fingerprint density at radius 1 is 1.06 bits per heavy atom. The molecule has 31 heavy (non-hydrogen) atoms. The maximum atomic E-state index is 13.0. The molecule has 0 unspecified atom stereocenters. The van der Waals surface area contributed by atoms with Crippen LogP contribution in [0.4, 0.5) is 5.69 Å². The monoisotopic (exact) mass is 444 g/mol. The summed E-state index contributed by atoms with van der Waals surface area (Å²) >= 11 is 0. The number of rotatable bonds is 6. The van der Waals surface area contributed by atoms with Crippen LogP contribution >= 0.6 is 0 Å². The molecular weight excluding hydrogens is 412 g/mol. The number of amides is 1. The van der Waals surface area contributed by atoms with Crippen LogP contribution in [0.5, 0.6) is 5.75 Å². The molecule has 1 aliphatic rings. The van der Waals surface area contributed by atoms with Crippen LogP contribution in [0.2, 0.25) is 0 Å². The number of nitrogens with one attached hydrogen (secondary N) is 1. The molecule has 3 rings (SSSR count). The van der Waals surface area contributed by atoms with Gasteiger partial charge in [0, 0.05) is 18.8 Å². The molecule has 2 aromatic carbocycles. The maximum absolute atomic E-state index is 13.0. The van der Waals surface area contributed by atoms with Gasteiger partial charge in [-0.05, 0) is 80.5 Å². The van der Waals surface area contributed by atoms with E-state index in [4.69, 9.17) is 4.74 Å². The predicted molar refractivity (Wildman–Crippen MR) is 123 cm³/mol. The molecule has 6 nitrogen and oxygen atoms in total. The van der Waals surface area contributed by atoms with E-state index in [1.807, 2.05) is 32.0 Å². The van der Waals surface area contributed by atoms with Crippen molar-refractivity contribution in [3.05, 3.63) is 53.6 Å². The van der Waals surface area contributed by atoms with E-state index in [2.05, 4.69) is 19.2 Å². The van der Waals surface area contributed by atoms with Crippen LogP contribution < -0.4 is 10.1 Å². The molecule has 2 aromatic rings. The first kappa shape index (κ1) is 23.3. The largest absolute Gasteiger partial charge is 0.481 e. The Bertz CT molecular complexity index is 1020. The molecule has 1 fully saturated rings. The number of piperidine rings is 1. The zero-order chi connectivity index (χ0) is 22.8. The SMILES string of the molecule is Cc1cccc(O[C@H](C)C(=O)Nc2ccc(S(=O)(=O)N3C[C@H](C)C[C@H](C)C3)cc2)c1C. The van der Waals surface area contributed by atoms with Gasteiger partial charge in [-0.2, -0.15) is 4.31 Å². The second kappa shape index (κ2) is 9.40. The van der Waals surface area contributed by atoms with Gasteiger partial charge >= 0.3 is 0 Å². The third kappa shape index (κ3) is 5.46. The molecule has 3 atom stereocenters. The van der Waals surface area contributed by atoms with Crippen molar-refractivity contribution in [3.8, 4) is 5.75 Å². The van der Waals surface area contributed by atoms with Gasteiger partial charge in [0.1, 0.15) is 5.75 Å². The van der Waals surface area contributed by atoms with E-state index >= 15 is 0 Å². The van der Waals surface area contributed by atoms with Crippen LogP contribution in [0, 0.1) is 25.7 Å². The van der Waals surface area contributed by atoms with Crippen molar-refractivity contribution in [1.29, 1.82) is 0 Å². The van der Waals surface area contributed by atoms with E-state index in [1.54, 1.807) is 35.5 Å². The second-order valence-electron chi connectivity index (χ2n) is 8.74. The van der Waals surface area contributed by atoms with Crippen LogP contribution in [0.25, 0.3) is 0 Å². The van der Waals surface area contributed by atoms with Gasteiger partial charge in [0.2, 0.25) is 10.0 Å². The van der Waals surface area contributed by atoms with Crippen molar-refractivity contribution in [1.82, 2.24) is 4.31 Å². The minimum Gasteiger partial charge on any atom is -0.481 e. The average Bonchev–Trinajstić information content (AvgIpc) is 2.71. The minimum atomic E-state index is -3.54. The van der Waals surface area contributed by atoms with Gasteiger partial charge in [-0.15, -0.1) is 0 Å². The molecular formula is C24H32N2O4S. The summed E-state index contributed by atoms with van der Waals surface area (Å²) in [7, 11) is -3.54. The van der Waals surface area contributed by atoms with E-state index in [0.717, 1.165) is 17.5 Å². The van der Waals surface area contributed by atoms with Crippen molar-refractivity contribution < 1.29 is 17.9 Å². The number of anilines is 1. The van der Waals surface area contributed by atoms with Gasteiger partial charge in [-0.1, -0.05) is 26.0 Å². The molecule has 0 aliphatic carbocycles. The zero-order valence-electron chi connectivity index (χ0n) is 18.9. The summed E-state index contributed by atoms with van der Waals surface area (Å²) in [6, 6.07) is 12.1. The Labute approximate surface area is 185 Å². The standard InChI is InChI=1S/C24H32N2O4S/c1-16-13-17(2)15-26(14-16)31(28,29)22-11-9-21(10-12-22)25-24(27)20(5)30-23-8-6-7-18(3)19(23)4/h6-12,16-17,20H,13-15H2,1-5H3,(H,25,27)/t16-,17+,20-/m1/s1. The fraction of sp³-hybridized carbons (Fsp3) is 0.458. The van der Waals surface area contributed by atoms with Gasteiger partial charge in [0.15, 0.2) is 6.10 Å². The first-order valence-electron chi connectivity index (χ1n) is 10.7. The minimum absolute atomic E-state index is 0.242. The number of carbonyl (C=O) groups is 1. The summed E-state index contributed by atoms with van der Waals surface area (Å²) in [6.45, 7) is 10.9. The summed E-state index contributed by atoms with van der Waals surface area (Å²) in [5, 5.41) is 2.80. The van der Waals surface area contributed by atoms with Crippen molar-refractivity contribution in [2.75, 3.05) is 18.4 Å². The lowest BCUT2D eigenvalue weighted by atomic mass is 9.94. The normalized spacial score (nSPS) is 20.8. The first-order valence-corrected chi connectivity index (χ1v) is 12.2.